The van der Waals surface area contributed by atoms with Crippen molar-refractivity contribution >= 4 is 0 Å². The van der Waals surface area contributed by atoms with Crippen molar-refractivity contribution in [3.05, 3.63) is 89.7 Å². The van der Waals surface area contributed by atoms with E-state index in [4.69, 9.17) is 4.74 Å². The molecule has 4 nitrogen and oxygen atoms in total. The van der Waals surface area contributed by atoms with Gasteiger partial charge in [-0.15, -0.1) is 0 Å². The van der Waals surface area contributed by atoms with Crippen molar-refractivity contribution in [3.8, 4) is 5.75 Å². The topological polar surface area (TPSA) is 37.6 Å². The predicted molar refractivity (Wildman–Crippen MR) is 127 cm³/mol. The summed E-state index contributed by atoms with van der Waals surface area (Å²) >= 11 is 0. The number of nitrogens with zero attached hydrogens (tertiary/aromatic N) is 2. The molecule has 4 heteroatoms. The van der Waals surface area contributed by atoms with E-state index in [1.807, 2.05) is 30.3 Å². The van der Waals surface area contributed by atoms with Gasteiger partial charge in [0.15, 0.2) is 0 Å². The largest absolute Gasteiger partial charge is 0.491 e. The van der Waals surface area contributed by atoms with Gasteiger partial charge in [-0.25, -0.2) is 0 Å². The average molecular weight is 421 g/mol. The van der Waals surface area contributed by atoms with E-state index in [0.29, 0.717) is 19.1 Å². The molecule has 0 bridgehead atoms. The van der Waals surface area contributed by atoms with Gasteiger partial charge in [0.05, 0.1) is 0 Å². The molecule has 0 aliphatic rings. The first-order valence-electron chi connectivity index (χ1n) is 11.3. The van der Waals surface area contributed by atoms with Crippen LogP contribution in [0.1, 0.15) is 37.1 Å². The van der Waals surface area contributed by atoms with Crippen LogP contribution < -0.4 is 4.74 Å². The Hall–Kier alpha value is -2.56. The van der Waals surface area contributed by atoms with E-state index in [1.165, 1.54) is 16.8 Å². The van der Waals surface area contributed by atoms with Gasteiger partial charge in [0.2, 0.25) is 0 Å². The van der Waals surface area contributed by atoms with Gasteiger partial charge in [0.25, 0.3) is 0 Å². The maximum atomic E-state index is 10.6. The molecule has 1 atom stereocenters. The molecule has 3 aromatic rings. The Kier molecular flexibility index (Phi) is 8.74. The van der Waals surface area contributed by atoms with Crippen molar-refractivity contribution in [1.82, 2.24) is 9.47 Å². The number of aromatic nitrogens is 1. The van der Waals surface area contributed by atoms with E-state index in [2.05, 4.69) is 72.8 Å². The predicted octanol–water partition coefficient (Wildman–Crippen LogP) is 5.13. The molecule has 0 amide bonds. The number of para-hydroxylation sites is 1. The van der Waals surface area contributed by atoms with Gasteiger partial charge in [-0.1, -0.05) is 56.3 Å². The third kappa shape index (κ3) is 7.57. The van der Waals surface area contributed by atoms with Crippen LogP contribution in [0, 0.1) is 12.8 Å². The van der Waals surface area contributed by atoms with Crippen LogP contribution in [0.5, 0.6) is 5.75 Å². The SMILES string of the molecule is Cc1ccccc1Cn1cccc1CN(CCC(C)C)C[C@H](O)COc1ccccc1. The maximum Gasteiger partial charge on any atom is 0.119 e. The normalized spacial score (nSPS) is 12.5. The van der Waals surface area contributed by atoms with Gasteiger partial charge in [-0.2, -0.15) is 0 Å². The Morgan fingerprint density at radius 1 is 0.968 bits per heavy atom. The van der Waals surface area contributed by atoms with Gasteiger partial charge in [0.1, 0.15) is 18.5 Å². The molecule has 3 rings (SSSR count). The summed E-state index contributed by atoms with van der Waals surface area (Å²) in [6, 6.07) is 22.5. The van der Waals surface area contributed by atoms with E-state index in [-0.39, 0.29) is 0 Å². The van der Waals surface area contributed by atoms with Crippen LogP contribution >= 0.6 is 0 Å². The Morgan fingerprint density at radius 2 is 1.71 bits per heavy atom. The summed E-state index contributed by atoms with van der Waals surface area (Å²) in [4.78, 5) is 2.35. The van der Waals surface area contributed by atoms with Gasteiger partial charge in [0, 0.05) is 31.5 Å². The fourth-order valence-corrected chi connectivity index (χ4v) is 3.68. The summed E-state index contributed by atoms with van der Waals surface area (Å²) in [5, 5.41) is 10.6. The molecule has 1 heterocycles. The molecule has 166 valence electrons. The summed E-state index contributed by atoms with van der Waals surface area (Å²) in [6.45, 7) is 10.2. The van der Waals surface area contributed by atoms with Gasteiger partial charge in [-0.05, 0) is 61.2 Å². The number of hydrogen-bond acceptors (Lipinski definition) is 3. The summed E-state index contributed by atoms with van der Waals surface area (Å²) in [5.74, 6) is 1.42. The number of aryl methyl sites for hydroxylation is 1. The number of benzene rings is 2. The van der Waals surface area contributed by atoms with Crippen LogP contribution in [0.2, 0.25) is 0 Å². The molecule has 0 aliphatic carbocycles. The highest BCUT2D eigenvalue weighted by Crippen LogP contribution is 2.15. The Bertz CT molecular complexity index is 904. The average Bonchev–Trinajstić information content (AvgIpc) is 3.19. The lowest BCUT2D eigenvalue weighted by Crippen LogP contribution is -2.36. The molecular weight excluding hydrogens is 384 g/mol. The van der Waals surface area contributed by atoms with E-state index in [0.717, 1.165) is 31.8 Å². The van der Waals surface area contributed by atoms with Crippen molar-refractivity contribution in [2.24, 2.45) is 5.92 Å². The van der Waals surface area contributed by atoms with Crippen LogP contribution in [-0.2, 0) is 13.1 Å². The van der Waals surface area contributed by atoms with Crippen molar-refractivity contribution in [1.29, 1.82) is 0 Å². The van der Waals surface area contributed by atoms with Crippen LogP contribution in [-0.4, -0.2) is 40.4 Å². The van der Waals surface area contributed by atoms with Crippen molar-refractivity contribution < 1.29 is 9.84 Å². The molecule has 0 aliphatic heterocycles. The monoisotopic (exact) mass is 420 g/mol. The molecule has 0 radical (unpaired) electrons. The van der Waals surface area contributed by atoms with Gasteiger partial charge in [-0.3, -0.25) is 4.90 Å². The zero-order valence-corrected chi connectivity index (χ0v) is 19.1. The van der Waals surface area contributed by atoms with E-state index in [1.54, 1.807) is 0 Å². The molecular formula is C27H36N2O2. The van der Waals surface area contributed by atoms with Gasteiger partial charge >= 0.3 is 0 Å². The van der Waals surface area contributed by atoms with E-state index >= 15 is 0 Å². The Balaban J connectivity index is 1.62. The van der Waals surface area contributed by atoms with Crippen LogP contribution in [0.4, 0.5) is 0 Å². The summed E-state index contributed by atoms with van der Waals surface area (Å²) in [5.41, 5.74) is 3.92. The molecule has 0 spiro atoms. The van der Waals surface area contributed by atoms with Crippen molar-refractivity contribution in [3.63, 3.8) is 0 Å². The number of ether oxygens (including phenoxy) is 1. The van der Waals surface area contributed by atoms with Crippen LogP contribution in [0.25, 0.3) is 0 Å². The minimum absolute atomic E-state index is 0.298. The summed E-state index contributed by atoms with van der Waals surface area (Å²) < 4.78 is 8.08. The van der Waals surface area contributed by atoms with Crippen LogP contribution in [0.3, 0.4) is 0 Å². The molecule has 1 N–H and O–H groups in total. The first kappa shape index (κ1) is 23.1. The van der Waals surface area contributed by atoms with Gasteiger partial charge < -0.3 is 14.4 Å². The molecule has 0 saturated heterocycles. The Labute approximate surface area is 187 Å². The highest BCUT2D eigenvalue weighted by molar-refractivity contribution is 5.26. The standard InChI is InChI=1S/C27H36N2O2/c1-22(2)15-17-28(20-26(30)21-31-27-13-5-4-6-14-27)19-25-12-9-16-29(25)18-24-11-8-7-10-23(24)3/h4-14,16,22,26,30H,15,17-21H2,1-3H3/t26-/m0/s1. The number of hydrogen-bond donors (Lipinski definition) is 1. The second kappa shape index (κ2) is 11.7. The number of aliphatic hydroxyl groups excluding tert-OH is 1. The zero-order chi connectivity index (χ0) is 22.1. The molecule has 0 unspecified atom stereocenters. The van der Waals surface area contributed by atoms with E-state index < -0.39 is 6.10 Å². The highest BCUT2D eigenvalue weighted by atomic mass is 16.5. The first-order chi connectivity index (χ1) is 15.0. The molecule has 2 aromatic carbocycles. The van der Waals surface area contributed by atoms with Crippen molar-refractivity contribution in [2.75, 3.05) is 19.7 Å². The quantitative estimate of drug-likeness (QED) is 0.441. The number of rotatable bonds is 12. The highest BCUT2D eigenvalue weighted by Gasteiger charge is 2.16. The first-order valence-corrected chi connectivity index (χ1v) is 11.3. The lowest BCUT2D eigenvalue weighted by molar-refractivity contribution is 0.0632. The maximum absolute atomic E-state index is 10.6. The summed E-state index contributed by atoms with van der Waals surface area (Å²) in [6.07, 6.45) is 2.72. The summed E-state index contributed by atoms with van der Waals surface area (Å²) in [7, 11) is 0. The van der Waals surface area contributed by atoms with E-state index in [9.17, 15) is 5.11 Å². The van der Waals surface area contributed by atoms with Crippen molar-refractivity contribution in [2.45, 2.75) is 46.4 Å². The molecule has 1 aromatic heterocycles. The smallest absolute Gasteiger partial charge is 0.119 e. The lowest BCUT2D eigenvalue weighted by atomic mass is 10.1. The lowest BCUT2D eigenvalue weighted by Gasteiger charge is -2.26. The number of aliphatic hydroxyl groups is 1. The molecule has 0 saturated carbocycles. The molecule has 31 heavy (non-hydrogen) atoms. The second-order valence-corrected chi connectivity index (χ2v) is 8.75. The van der Waals surface area contributed by atoms with Crippen LogP contribution in [0.15, 0.2) is 72.9 Å². The third-order valence-corrected chi connectivity index (χ3v) is 5.59. The minimum atomic E-state index is -0.535. The fourth-order valence-electron chi connectivity index (χ4n) is 3.68. The molecule has 0 fully saturated rings. The third-order valence-electron chi connectivity index (χ3n) is 5.59. The second-order valence-electron chi connectivity index (χ2n) is 8.75. The zero-order valence-electron chi connectivity index (χ0n) is 19.1. The minimum Gasteiger partial charge on any atom is -0.491 e. The Morgan fingerprint density at radius 3 is 2.45 bits per heavy atom. The fraction of sp³-hybridized carbons (Fsp3) is 0.407.